The van der Waals surface area contributed by atoms with Gasteiger partial charge in [-0.25, -0.2) is 0 Å². The highest BCUT2D eigenvalue weighted by Gasteiger charge is 2.35. The first-order valence-corrected chi connectivity index (χ1v) is 18.4. The molecular formula is C42H46O8P2. The molecule has 6 rings (SSSR count). The van der Waals surface area contributed by atoms with Crippen molar-refractivity contribution in [2.75, 3.05) is 0 Å². The van der Waals surface area contributed by atoms with Gasteiger partial charge in [0, 0.05) is 5.41 Å². The fourth-order valence-electron chi connectivity index (χ4n) is 4.84. The summed E-state index contributed by atoms with van der Waals surface area (Å²) in [6.07, 6.45) is 0. The third kappa shape index (κ3) is 10.8. The first-order valence-electron chi connectivity index (χ1n) is 15.5. The summed E-state index contributed by atoms with van der Waals surface area (Å²) in [4.78, 5) is 0. The molecule has 8 nitrogen and oxygen atoms in total. The molecule has 0 unspecified atom stereocenters. The van der Waals surface area contributed by atoms with Gasteiger partial charge in [0.15, 0.2) is 0 Å². The van der Waals surface area contributed by atoms with Gasteiger partial charge in [-0.1, -0.05) is 133 Å². The highest BCUT2D eigenvalue weighted by Crippen LogP contribution is 2.51. The SMILES string of the molecule is C.C.C.CC(C)(c1ccc(OP(=O)(Oc2ccccc2)Oc2ccccc2)cc1)c1ccc(OP(=O)(Oc2ccccc2)Oc2ccccc2)cc1. The molecule has 0 spiro atoms. The van der Waals surface area contributed by atoms with E-state index in [4.69, 9.17) is 27.1 Å². The maximum absolute atomic E-state index is 13.8. The van der Waals surface area contributed by atoms with Crippen molar-refractivity contribution < 1.29 is 36.3 Å². The Morgan fingerprint density at radius 2 is 0.519 bits per heavy atom. The van der Waals surface area contributed by atoms with Crippen LogP contribution in [0.2, 0.25) is 0 Å². The summed E-state index contributed by atoms with van der Waals surface area (Å²) in [6.45, 7) is 4.14. The summed E-state index contributed by atoms with van der Waals surface area (Å²) >= 11 is 0. The average molecular weight is 741 g/mol. The molecule has 0 N–H and O–H groups in total. The number of phosphoric ester groups is 2. The molecule has 0 aliphatic heterocycles. The number of hydrogen-bond donors (Lipinski definition) is 0. The number of benzene rings is 6. The van der Waals surface area contributed by atoms with Crippen molar-refractivity contribution in [3.63, 3.8) is 0 Å². The van der Waals surface area contributed by atoms with Crippen LogP contribution in [0.15, 0.2) is 170 Å². The number of hydrogen-bond acceptors (Lipinski definition) is 8. The van der Waals surface area contributed by atoms with E-state index in [1.165, 1.54) is 0 Å². The molecule has 0 amide bonds. The van der Waals surface area contributed by atoms with Gasteiger partial charge in [0.1, 0.15) is 34.5 Å². The summed E-state index contributed by atoms with van der Waals surface area (Å²) < 4.78 is 62.4. The number of para-hydroxylation sites is 4. The van der Waals surface area contributed by atoms with Crippen LogP contribution in [-0.2, 0) is 14.5 Å². The van der Waals surface area contributed by atoms with Gasteiger partial charge in [-0.2, -0.15) is 9.13 Å². The van der Waals surface area contributed by atoms with Gasteiger partial charge in [0.05, 0.1) is 0 Å². The van der Waals surface area contributed by atoms with E-state index in [0.29, 0.717) is 34.5 Å². The zero-order chi connectivity index (χ0) is 34.2. The normalized spacial score (nSPS) is 11.0. The Balaban J connectivity index is 0.00000243. The predicted molar refractivity (Wildman–Crippen MR) is 210 cm³/mol. The molecule has 0 radical (unpaired) electrons. The molecule has 272 valence electrons. The Morgan fingerprint density at radius 3 is 0.731 bits per heavy atom. The van der Waals surface area contributed by atoms with Gasteiger partial charge in [-0.05, 0) is 83.9 Å². The Kier molecular flexibility index (Phi) is 14.3. The fraction of sp³-hybridized carbons (Fsp3) is 0.143. The molecule has 0 atom stereocenters. The molecule has 0 saturated carbocycles. The van der Waals surface area contributed by atoms with Crippen molar-refractivity contribution in [2.24, 2.45) is 0 Å². The topological polar surface area (TPSA) is 89.5 Å². The van der Waals surface area contributed by atoms with Crippen molar-refractivity contribution in [3.05, 3.63) is 181 Å². The Labute approximate surface area is 308 Å². The van der Waals surface area contributed by atoms with Crippen LogP contribution in [0.3, 0.4) is 0 Å². The summed E-state index contributed by atoms with van der Waals surface area (Å²) in [5.74, 6) is 2.02. The smallest absolute Gasteiger partial charge is 0.386 e. The van der Waals surface area contributed by atoms with Crippen molar-refractivity contribution in [1.29, 1.82) is 0 Å². The van der Waals surface area contributed by atoms with Crippen LogP contribution < -0.4 is 27.1 Å². The van der Waals surface area contributed by atoms with E-state index >= 15 is 0 Å². The van der Waals surface area contributed by atoms with Gasteiger partial charge in [-0.3, -0.25) is 0 Å². The van der Waals surface area contributed by atoms with Crippen molar-refractivity contribution in [2.45, 2.75) is 41.5 Å². The van der Waals surface area contributed by atoms with Crippen LogP contribution in [0.1, 0.15) is 47.3 Å². The molecular weight excluding hydrogens is 694 g/mol. The lowest BCUT2D eigenvalue weighted by Crippen LogP contribution is -2.18. The second-order valence-corrected chi connectivity index (χ2v) is 14.3. The quantitative estimate of drug-likeness (QED) is 0.102. The van der Waals surface area contributed by atoms with E-state index in [2.05, 4.69) is 13.8 Å². The molecule has 10 heteroatoms. The van der Waals surface area contributed by atoms with E-state index in [9.17, 15) is 9.13 Å². The average Bonchev–Trinajstić information content (AvgIpc) is 3.10. The summed E-state index contributed by atoms with van der Waals surface area (Å²) in [6, 6.07) is 49.4. The van der Waals surface area contributed by atoms with E-state index in [0.717, 1.165) is 11.1 Å². The Hall–Kier alpha value is -5.42. The number of rotatable bonds is 14. The van der Waals surface area contributed by atoms with E-state index in [-0.39, 0.29) is 22.3 Å². The lowest BCUT2D eigenvalue weighted by Gasteiger charge is -2.27. The summed E-state index contributed by atoms with van der Waals surface area (Å²) in [7, 11) is -8.25. The molecule has 0 saturated heterocycles. The van der Waals surface area contributed by atoms with Crippen LogP contribution >= 0.6 is 15.6 Å². The van der Waals surface area contributed by atoms with Crippen LogP contribution in [0.4, 0.5) is 0 Å². The molecule has 0 heterocycles. The first kappa shape index (κ1) is 41.0. The highest BCUT2D eigenvalue weighted by atomic mass is 31.2. The Morgan fingerprint density at radius 1 is 0.327 bits per heavy atom. The zero-order valence-electron chi connectivity index (χ0n) is 26.8. The number of phosphoric acid groups is 2. The second-order valence-electron chi connectivity index (χ2n) is 11.4. The maximum atomic E-state index is 13.8. The van der Waals surface area contributed by atoms with Gasteiger partial charge in [0.2, 0.25) is 0 Å². The minimum Gasteiger partial charge on any atom is -0.386 e. The molecule has 0 aromatic heterocycles. The minimum absolute atomic E-state index is 0. The van der Waals surface area contributed by atoms with Gasteiger partial charge in [0.25, 0.3) is 0 Å². The van der Waals surface area contributed by atoms with E-state index < -0.39 is 21.1 Å². The monoisotopic (exact) mass is 740 g/mol. The Bertz CT molecular complexity index is 1780. The van der Waals surface area contributed by atoms with Crippen LogP contribution in [-0.4, -0.2) is 0 Å². The lowest BCUT2D eigenvalue weighted by molar-refractivity contribution is 0.296. The van der Waals surface area contributed by atoms with E-state index in [1.807, 2.05) is 48.5 Å². The zero-order valence-corrected chi connectivity index (χ0v) is 28.6. The molecule has 52 heavy (non-hydrogen) atoms. The van der Waals surface area contributed by atoms with Crippen LogP contribution in [0.5, 0.6) is 34.5 Å². The van der Waals surface area contributed by atoms with Crippen LogP contribution in [0.25, 0.3) is 0 Å². The second kappa shape index (κ2) is 18.2. The third-order valence-corrected chi connectivity index (χ3v) is 10.0. The van der Waals surface area contributed by atoms with Gasteiger partial charge < -0.3 is 27.1 Å². The minimum atomic E-state index is -4.12. The van der Waals surface area contributed by atoms with Crippen molar-refractivity contribution in [1.82, 2.24) is 0 Å². The first-order chi connectivity index (χ1) is 23.7. The standard InChI is InChI=1S/C39H34O8P2.3CH4/c1-39(2,31-23-27-37(28-24-31)46-48(40,42-33-15-7-3-8-16-33)43-34-17-9-4-10-18-34)32-25-29-38(30-26-32)47-49(41,44-35-19-11-5-12-20-35)45-36-21-13-6-14-22-36;;;/h3-30H,1-2H3;3*1H4. The molecule has 0 fully saturated rings. The lowest BCUT2D eigenvalue weighted by atomic mass is 9.78. The van der Waals surface area contributed by atoms with Gasteiger partial charge in [-0.15, -0.1) is 0 Å². The fourth-order valence-corrected chi connectivity index (χ4v) is 7.35. The molecule has 0 aliphatic carbocycles. The summed E-state index contributed by atoms with van der Waals surface area (Å²) in [5.41, 5.74) is 1.45. The highest BCUT2D eigenvalue weighted by molar-refractivity contribution is 7.50. The molecule has 0 bridgehead atoms. The van der Waals surface area contributed by atoms with E-state index in [1.54, 1.807) is 121 Å². The summed E-state index contributed by atoms with van der Waals surface area (Å²) in [5, 5.41) is 0. The largest absolute Gasteiger partial charge is 0.647 e. The molecule has 6 aromatic carbocycles. The maximum Gasteiger partial charge on any atom is 0.647 e. The van der Waals surface area contributed by atoms with Crippen LogP contribution in [0, 0.1) is 0 Å². The molecule has 6 aromatic rings. The predicted octanol–water partition coefficient (Wildman–Crippen LogP) is 13.2. The van der Waals surface area contributed by atoms with Crippen molar-refractivity contribution in [3.8, 4) is 34.5 Å². The molecule has 0 aliphatic rings. The van der Waals surface area contributed by atoms with Gasteiger partial charge >= 0.3 is 15.6 Å². The third-order valence-electron chi connectivity index (χ3n) is 7.43. The van der Waals surface area contributed by atoms with Crippen molar-refractivity contribution >= 4 is 15.6 Å².